The van der Waals surface area contributed by atoms with Crippen LogP contribution in [0.25, 0.3) is 21.5 Å². The fraction of sp³-hybridized carbons (Fsp3) is 0.359. The van der Waals surface area contributed by atoms with Gasteiger partial charge in [0.2, 0.25) is 5.91 Å². The Morgan fingerprint density at radius 1 is 0.627 bits per heavy atom. The molecule has 0 aliphatic carbocycles. The minimum absolute atomic E-state index is 0.0688. The number of hydrogen-bond donors (Lipinski definition) is 2. The van der Waals surface area contributed by atoms with Gasteiger partial charge >= 0.3 is 0 Å². The minimum Gasteiger partial charge on any atom is -0.377 e. The van der Waals surface area contributed by atoms with Crippen molar-refractivity contribution in [2.24, 2.45) is 0 Å². The molecule has 2 N–H and O–H groups in total. The van der Waals surface area contributed by atoms with Crippen molar-refractivity contribution < 1.29 is 24.0 Å². The summed E-state index contributed by atoms with van der Waals surface area (Å²) in [5.74, 6) is -1.07. The lowest BCUT2D eigenvalue weighted by Crippen LogP contribution is -2.48. The molecule has 1 fully saturated rings. The van der Waals surface area contributed by atoms with Crippen molar-refractivity contribution in [1.29, 1.82) is 0 Å². The molecule has 4 aromatic carbocycles. The summed E-state index contributed by atoms with van der Waals surface area (Å²) in [5, 5.41) is 9.84. The van der Waals surface area contributed by atoms with Gasteiger partial charge in [0.15, 0.2) is 0 Å². The van der Waals surface area contributed by atoms with E-state index in [1.165, 1.54) is 9.80 Å². The Bertz CT molecular complexity index is 2030. The van der Waals surface area contributed by atoms with Crippen LogP contribution in [0.5, 0.6) is 0 Å². The maximum Gasteiger partial charge on any atom is 0.261 e. The molecule has 0 radical (unpaired) electrons. The van der Waals surface area contributed by atoms with Gasteiger partial charge < -0.3 is 25.3 Å². The summed E-state index contributed by atoms with van der Waals surface area (Å²) in [4.78, 5) is 74.2. The molecule has 5 amide bonds. The number of anilines is 2. The molecular weight excluding hydrogens is 646 g/mol. The van der Waals surface area contributed by atoms with E-state index in [0.717, 1.165) is 34.0 Å². The quantitative estimate of drug-likeness (QED) is 0.171. The highest BCUT2D eigenvalue weighted by Gasteiger charge is 2.35. The van der Waals surface area contributed by atoms with Gasteiger partial charge in [-0.25, -0.2) is 0 Å². The van der Waals surface area contributed by atoms with Crippen LogP contribution in [0.1, 0.15) is 54.8 Å². The second-order valence-electron chi connectivity index (χ2n) is 13.5. The zero-order valence-corrected chi connectivity index (χ0v) is 29.3. The van der Waals surface area contributed by atoms with Crippen LogP contribution in [0, 0.1) is 0 Å². The molecule has 1 saturated heterocycles. The molecule has 7 rings (SSSR count). The SMILES string of the molecule is CC(=O)N1CCN(c2ccc3c4c(cccc24)C(=O)N(CCNCCCNCCN2C(=O)c4cccc5c(N(C)C)ccc(c45)C2=O)C3=O)CC1. The van der Waals surface area contributed by atoms with E-state index in [-0.39, 0.29) is 42.6 Å². The number of carbonyl (C=O) groups is 5. The molecular formula is C39H43N7O5. The molecule has 0 unspecified atom stereocenters. The van der Waals surface area contributed by atoms with E-state index < -0.39 is 0 Å². The van der Waals surface area contributed by atoms with Gasteiger partial charge in [-0.2, -0.15) is 0 Å². The Hall–Kier alpha value is -5.33. The monoisotopic (exact) mass is 689 g/mol. The summed E-state index contributed by atoms with van der Waals surface area (Å²) in [6.07, 6.45) is 0.783. The summed E-state index contributed by atoms with van der Waals surface area (Å²) in [6.45, 7) is 7.02. The van der Waals surface area contributed by atoms with E-state index in [9.17, 15) is 24.0 Å². The van der Waals surface area contributed by atoms with Crippen LogP contribution in [0.4, 0.5) is 11.4 Å². The number of hydrogen-bond acceptors (Lipinski definition) is 9. The molecule has 0 saturated carbocycles. The summed E-state index contributed by atoms with van der Waals surface area (Å²) >= 11 is 0. The van der Waals surface area contributed by atoms with Crippen molar-refractivity contribution in [3.8, 4) is 0 Å². The predicted octanol–water partition coefficient (Wildman–Crippen LogP) is 3.19. The van der Waals surface area contributed by atoms with Crippen LogP contribution < -0.4 is 20.4 Å². The number of carbonyl (C=O) groups excluding carboxylic acids is 5. The molecule has 4 aromatic rings. The van der Waals surface area contributed by atoms with Crippen LogP contribution in [0.15, 0.2) is 60.7 Å². The lowest BCUT2D eigenvalue weighted by atomic mass is 9.92. The number of imide groups is 2. The maximum atomic E-state index is 13.6. The lowest BCUT2D eigenvalue weighted by Gasteiger charge is -2.37. The van der Waals surface area contributed by atoms with Crippen molar-refractivity contribution in [2.75, 3.05) is 89.3 Å². The van der Waals surface area contributed by atoms with E-state index in [1.807, 2.05) is 72.4 Å². The molecule has 0 aromatic heterocycles. The molecule has 3 heterocycles. The van der Waals surface area contributed by atoms with Crippen LogP contribution in [0.2, 0.25) is 0 Å². The van der Waals surface area contributed by atoms with Gasteiger partial charge in [0.05, 0.1) is 0 Å². The van der Waals surface area contributed by atoms with Gasteiger partial charge in [-0.3, -0.25) is 33.8 Å². The third-order valence-electron chi connectivity index (χ3n) is 10.2. The Labute approximate surface area is 296 Å². The second-order valence-corrected chi connectivity index (χ2v) is 13.5. The topological polar surface area (TPSA) is 126 Å². The van der Waals surface area contributed by atoms with Crippen molar-refractivity contribution in [3.05, 3.63) is 82.9 Å². The molecule has 0 atom stereocenters. The Balaban J connectivity index is 0.877. The first-order chi connectivity index (χ1) is 24.7. The summed E-state index contributed by atoms with van der Waals surface area (Å²) in [6, 6.07) is 18.7. The molecule has 12 heteroatoms. The summed E-state index contributed by atoms with van der Waals surface area (Å²) < 4.78 is 0. The average molecular weight is 690 g/mol. The van der Waals surface area contributed by atoms with Crippen LogP contribution in [-0.2, 0) is 4.79 Å². The molecule has 51 heavy (non-hydrogen) atoms. The standard InChI is InChI=1S/C39H43N7O5/c1-25(47)43-21-23-44(24-22-43)33-14-12-31-35-27(33)8-5-10-29(35)37(49)46(39(31)51)20-18-41-16-6-15-40-17-19-45-36(48)28-9-4-7-26-32(42(2)3)13-11-30(34(26)28)38(45)50/h4-5,7-14,40-41H,6,15-24H2,1-3H3. The Morgan fingerprint density at radius 3 is 1.65 bits per heavy atom. The summed E-state index contributed by atoms with van der Waals surface area (Å²) in [5.41, 5.74) is 4.08. The first-order valence-corrected chi connectivity index (χ1v) is 17.6. The number of piperazine rings is 1. The minimum atomic E-state index is -0.293. The highest BCUT2D eigenvalue weighted by molar-refractivity contribution is 6.28. The van der Waals surface area contributed by atoms with Crippen LogP contribution >= 0.6 is 0 Å². The summed E-state index contributed by atoms with van der Waals surface area (Å²) in [7, 11) is 3.89. The van der Waals surface area contributed by atoms with E-state index in [2.05, 4.69) is 15.5 Å². The smallest absolute Gasteiger partial charge is 0.261 e. The molecule has 0 bridgehead atoms. The predicted molar refractivity (Wildman–Crippen MR) is 198 cm³/mol. The van der Waals surface area contributed by atoms with Crippen molar-refractivity contribution in [1.82, 2.24) is 25.3 Å². The molecule has 3 aliphatic heterocycles. The van der Waals surface area contributed by atoms with Gasteiger partial charge in [0, 0.05) is 129 Å². The first-order valence-electron chi connectivity index (χ1n) is 17.6. The largest absolute Gasteiger partial charge is 0.377 e. The van der Waals surface area contributed by atoms with Crippen molar-refractivity contribution in [3.63, 3.8) is 0 Å². The number of nitrogens with zero attached hydrogens (tertiary/aromatic N) is 5. The fourth-order valence-electron chi connectivity index (χ4n) is 7.57. The van der Waals surface area contributed by atoms with Crippen molar-refractivity contribution >= 4 is 62.5 Å². The van der Waals surface area contributed by atoms with Crippen molar-refractivity contribution in [2.45, 2.75) is 13.3 Å². The van der Waals surface area contributed by atoms with Gasteiger partial charge in [-0.15, -0.1) is 0 Å². The van der Waals surface area contributed by atoms with E-state index in [4.69, 9.17) is 0 Å². The number of nitrogens with one attached hydrogen (secondary N) is 2. The molecule has 12 nitrogen and oxygen atoms in total. The van der Waals surface area contributed by atoms with Gasteiger partial charge in [0.25, 0.3) is 23.6 Å². The van der Waals surface area contributed by atoms with Crippen LogP contribution in [-0.4, -0.2) is 124 Å². The van der Waals surface area contributed by atoms with Gasteiger partial charge in [-0.1, -0.05) is 24.3 Å². The molecule has 3 aliphatic rings. The zero-order valence-electron chi connectivity index (χ0n) is 29.3. The average Bonchev–Trinajstić information content (AvgIpc) is 3.13. The zero-order chi connectivity index (χ0) is 35.8. The third-order valence-corrected chi connectivity index (χ3v) is 10.2. The molecule has 0 spiro atoms. The van der Waals surface area contributed by atoms with E-state index in [0.29, 0.717) is 80.0 Å². The normalized spacial score (nSPS) is 15.8. The first kappa shape index (κ1) is 34.1. The number of amides is 5. The van der Waals surface area contributed by atoms with Crippen LogP contribution in [0.3, 0.4) is 0 Å². The second kappa shape index (κ2) is 14.1. The van der Waals surface area contributed by atoms with E-state index >= 15 is 0 Å². The fourth-order valence-corrected chi connectivity index (χ4v) is 7.57. The highest BCUT2D eigenvalue weighted by Crippen LogP contribution is 2.37. The maximum absolute atomic E-state index is 13.6. The highest BCUT2D eigenvalue weighted by atomic mass is 16.2. The third kappa shape index (κ3) is 6.19. The molecule has 264 valence electrons. The van der Waals surface area contributed by atoms with Gasteiger partial charge in [0.1, 0.15) is 0 Å². The Morgan fingerprint density at radius 2 is 1.12 bits per heavy atom. The lowest BCUT2D eigenvalue weighted by molar-refractivity contribution is -0.129. The van der Waals surface area contributed by atoms with E-state index in [1.54, 1.807) is 19.1 Å². The number of rotatable bonds is 12. The van der Waals surface area contributed by atoms with Gasteiger partial charge in [-0.05, 0) is 55.9 Å². The number of benzene rings is 4. The Kier molecular flexibility index (Phi) is 9.45.